The van der Waals surface area contributed by atoms with E-state index in [9.17, 15) is 9.59 Å². The quantitative estimate of drug-likeness (QED) is 0.650. The molecule has 4 rings (SSSR count). The molecule has 3 aromatic rings. The first-order chi connectivity index (χ1) is 15.3. The van der Waals surface area contributed by atoms with Gasteiger partial charge >= 0.3 is 6.09 Å². The summed E-state index contributed by atoms with van der Waals surface area (Å²) in [4.78, 5) is 30.7. The van der Waals surface area contributed by atoms with E-state index in [4.69, 9.17) is 4.74 Å². The number of fused-ring (bicyclic) bond motifs is 1. The SMILES string of the molecule is CC(C)(C)OC(=O)N1CCC(c2ccc(NC(=O)Cc3ccc4nccn4c3)cc2)CC1. The Hall–Kier alpha value is -3.35. The van der Waals surface area contributed by atoms with E-state index in [1.807, 2.05) is 61.8 Å². The molecule has 0 bridgehead atoms. The second-order valence-electron chi connectivity index (χ2n) is 9.32. The van der Waals surface area contributed by atoms with Gasteiger partial charge in [-0.25, -0.2) is 9.78 Å². The molecule has 168 valence electrons. The number of piperidine rings is 1. The number of carbonyl (C=O) groups is 2. The van der Waals surface area contributed by atoms with Crippen LogP contribution < -0.4 is 5.32 Å². The Bertz CT molecular complexity index is 1090. The van der Waals surface area contributed by atoms with Crippen LogP contribution in [0.3, 0.4) is 0 Å². The summed E-state index contributed by atoms with van der Waals surface area (Å²) in [7, 11) is 0. The Labute approximate surface area is 188 Å². The maximum Gasteiger partial charge on any atom is 0.410 e. The third kappa shape index (κ3) is 5.46. The highest BCUT2D eigenvalue weighted by Crippen LogP contribution is 2.29. The third-order valence-corrected chi connectivity index (χ3v) is 5.63. The lowest BCUT2D eigenvalue weighted by molar-refractivity contribution is -0.115. The summed E-state index contributed by atoms with van der Waals surface area (Å²) in [6, 6.07) is 11.9. The highest BCUT2D eigenvalue weighted by Gasteiger charge is 2.27. The topological polar surface area (TPSA) is 75.9 Å². The van der Waals surface area contributed by atoms with E-state index in [0.717, 1.165) is 29.7 Å². The van der Waals surface area contributed by atoms with E-state index in [2.05, 4.69) is 22.4 Å². The zero-order valence-electron chi connectivity index (χ0n) is 18.9. The Morgan fingerprint density at radius 1 is 1.09 bits per heavy atom. The molecule has 32 heavy (non-hydrogen) atoms. The van der Waals surface area contributed by atoms with E-state index in [-0.39, 0.29) is 12.0 Å². The van der Waals surface area contributed by atoms with Gasteiger partial charge in [0.1, 0.15) is 11.2 Å². The molecule has 1 N–H and O–H groups in total. The monoisotopic (exact) mass is 434 g/mol. The van der Waals surface area contributed by atoms with E-state index in [0.29, 0.717) is 25.4 Å². The molecule has 0 spiro atoms. The van der Waals surface area contributed by atoms with Crippen LogP contribution in [0.15, 0.2) is 55.0 Å². The summed E-state index contributed by atoms with van der Waals surface area (Å²) in [6.07, 6.45) is 7.41. The summed E-state index contributed by atoms with van der Waals surface area (Å²) in [5.74, 6) is 0.350. The number of amides is 2. The number of nitrogens with zero attached hydrogens (tertiary/aromatic N) is 3. The van der Waals surface area contributed by atoms with Gasteiger partial charge in [-0.1, -0.05) is 18.2 Å². The number of likely N-dealkylation sites (tertiary alicyclic amines) is 1. The van der Waals surface area contributed by atoms with Crippen molar-refractivity contribution >= 4 is 23.3 Å². The fraction of sp³-hybridized carbons (Fsp3) is 0.400. The Morgan fingerprint density at radius 2 is 1.81 bits per heavy atom. The largest absolute Gasteiger partial charge is 0.444 e. The standard InChI is InChI=1S/C25H30N4O3/c1-25(2,3)32-24(31)28-13-10-20(11-14-28)19-5-7-21(8-6-19)27-23(30)16-18-4-9-22-26-12-15-29(22)17-18/h4-9,12,15,17,20H,10-11,13-14,16H2,1-3H3,(H,27,30). The van der Waals surface area contributed by atoms with Crippen molar-refractivity contribution in [2.24, 2.45) is 0 Å². The molecule has 0 atom stereocenters. The number of hydrogen-bond donors (Lipinski definition) is 1. The molecule has 7 heteroatoms. The van der Waals surface area contributed by atoms with Crippen LogP contribution in [0.4, 0.5) is 10.5 Å². The number of hydrogen-bond acceptors (Lipinski definition) is 4. The van der Waals surface area contributed by atoms with Crippen LogP contribution in [0.25, 0.3) is 5.65 Å². The number of nitrogens with one attached hydrogen (secondary N) is 1. The van der Waals surface area contributed by atoms with Gasteiger partial charge in [0.2, 0.25) is 5.91 Å². The average Bonchev–Trinajstić information content (AvgIpc) is 3.21. The number of benzene rings is 1. The van der Waals surface area contributed by atoms with Gasteiger partial charge in [-0.3, -0.25) is 4.79 Å². The molecule has 1 aromatic carbocycles. The zero-order valence-corrected chi connectivity index (χ0v) is 18.9. The van der Waals surface area contributed by atoms with Crippen molar-refractivity contribution in [2.45, 2.75) is 51.6 Å². The normalized spacial score (nSPS) is 15.0. The lowest BCUT2D eigenvalue weighted by Crippen LogP contribution is -2.41. The van der Waals surface area contributed by atoms with Gasteiger partial charge in [-0.05, 0) is 68.9 Å². The van der Waals surface area contributed by atoms with E-state index >= 15 is 0 Å². The van der Waals surface area contributed by atoms with Crippen LogP contribution in [0, 0.1) is 0 Å². The minimum atomic E-state index is -0.472. The van der Waals surface area contributed by atoms with Crippen molar-refractivity contribution in [1.29, 1.82) is 0 Å². The number of pyridine rings is 1. The summed E-state index contributed by atoms with van der Waals surface area (Å²) in [6.45, 7) is 7.04. The molecule has 7 nitrogen and oxygen atoms in total. The Morgan fingerprint density at radius 3 is 2.50 bits per heavy atom. The number of carbonyl (C=O) groups excluding carboxylic acids is 2. The lowest BCUT2D eigenvalue weighted by atomic mass is 9.89. The second kappa shape index (κ2) is 9.02. The van der Waals surface area contributed by atoms with Crippen LogP contribution in [0.1, 0.15) is 50.7 Å². The summed E-state index contributed by atoms with van der Waals surface area (Å²) < 4.78 is 7.38. The van der Waals surface area contributed by atoms with Gasteiger partial charge in [0.05, 0.1) is 6.42 Å². The van der Waals surface area contributed by atoms with Crippen molar-refractivity contribution in [1.82, 2.24) is 14.3 Å². The molecule has 3 heterocycles. The van der Waals surface area contributed by atoms with Crippen molar-refractivity contribution in [3.8, 4) is 0 Å². The Balaban J connectivity index is 1.28. The van der Waals surface area contributed by atoms with E-state index in [1.54, 1.807) is 11.1 Å². The first kappa shape index (κ1) is 21.9. The molecule has 1 aliphatic rings. The highest BCUT2D eigenvalue weighted by molar-refractivity contribution is 5.92. The molecule has 0 saturated carbocycles. The van der Waals surface area contributed by atoms with Crippen molar-refractivity contribution in [3.63, 3.8) is 0 Å². The van der Waals surface area contributed by atoms with Crippen LogP contribution in [-0.4, -0.2) is 45.0 Å². The fourth-order valence-corrected chi connectivity index (χ4v) is 4.02. The van der Waals surface area contributed by atoms with Crippen LogP contribution in [0.2, 0.25) is 0 Å². The molecule has 1 saturated heterocycles. The minimum Gasteiger partial charge on any atom is -0.444 e. The van der Waals surface area contributed by atoms with E-state index < -0.39 is 5.60 Å². The molecule has 1 fully saturated rings. The van der Waals surface area contributed by atoms with Crippen molar-refractivity contribution in [3.05, 3.63) is 66.1 Å². The maximum atomic E-state index is 12.5. The van der Waals surface area contributed by atoms with Gasteiger partial charge in [-0.2, -0.15) is 0 Å². The average molecular weight is 435 g/mol. The second-order valence-corrected chi connectivity index (χ2v) is 9.32. The Kier molecular flexibility index (Phi) is 6.17. The van der Waals surface area contributed by atoms with Gasteiger partial charge in [0.25, 0.3) is 0 Å². The third-order valence-electron chi connectivity index (χ3n) is 5.63. The van der Waals surface area contributed by atoms with Gasteiger partial charge in [0, 0.05) is 37.4 Å². The first-order valence-corrected chi connectivity index (χ1v) is 11.1. The molecule has 0 aliphatic carbocycles. The van der Waals surface area contributed by atoms with Crippen molar-refractivity contribution in [2.75, 3.05) is 18.4 Å². The van der Waals surface area contributed by atoms with Crippen LogP contribution in [0.5, 0.6) is 0 Å². The molecule has 0 unspecified atom stereocenters. The van der Waals surface area contributed by atoms with Gasteiger partial charge in [-0.15, -0.1) is 0 Å². The maximum absolute atomic E-state index is 12.5. The number of imidazole rings is 1. The smallest absolute Gasteiger partial charge is 0.410 e. The van der Waals surface area contributed by atoms with Crippen LogP contribution in [-0.2, 0) is 16.0 Å². The predicted molar refractivity (Wildman–Crippen MR) is 124 cm³/mol. The predicted octanol–water partition coefficient (Wildman–Crippen LogP) is 4.63. The molecule has 0 radical (unpaired) electrons. The summed E-state index contributed by atoms with van der Waals surface area (Å²) >= 11 is 0. The van der Waals surface area contributed by atoms with Gasteiger partial charge < -0.3 is 19.4 Å². The number of rotatable bonds is 4. The molecular formula is C25H30N4O3. The minimum absolute atomic E-state index is 0.0529. The van der Waals surface area contributed by atoms with E-state index in [1.165, 1.54) is 5.56 Å². The first-order valence-electron chi connectivity index (χ1n) is 11.1. The molecule has 1 aliphatic heterocycles. The summed E-state index contributed by atoms with van der Waals surface area (Å²) in [5.41, 5.74) is 3.34. The van der Waals surface area contributed by atoms with Crippen molar-refractivity contribution < 1.29 is 14.3 Å². The highest BCUT2D eigenvalue weighted by atomic mass is 16.6. The number of ether oxygens (including phenoxy) is 1. The number of anilines is 1. The molecule has 2 aromatic heterocycles. The fourth-order valence-electron chi connectivity index (χ4n) is 4.02. The zero-order chi connectivity index (χ0) is 22.7. The van der Waals surface area contributed by atoms with Gasteiger partial charge in [0.15, 0.2) is 0 Å². The number of aromatic nitrogens is 2. The molecular weight excluding hydrogens is 404 g/mol. The lowest BCUT2D eigenvalue weighted by Gasteiger charge is -2.33. The summed E-state index contributed by atoms with van der Waals surface area (Å²) in [5, 5.41) is 2.97. The van der Waals surface area contributed by atoms with Crippen LogP contribution >= 0.6 is 0 Å². The molecule has 2 amide bonds.